The van der Waals surface area contributed by atoms with Crippen LogP contribution >= 0.6 is 23.4 Å². The van der Waals surface area contributed by atoms with Gasteiger partial charge in [-0.25, -0.2) is 15.0 Å². The average Bonchev–Trinajstić information content (AvgIpc) is 2.64. The maximum absolute atomic E-state index is 12.5. The van der Waals surface area contributed by atoms with Crippen molar-refractivity contribution in [3.63, 3.8) is 0 Å². The van der Waals surface area contributed by atoms with Gasteiger partial charge in [-0.3, -0.25) is 14.2 Å². The minimum absolute atomic E-state index is 0.199. The summed E-state index contributed by atoms with van der Waals surface area (Å²) >= 11 is 7.39. The highest BCUT2D eigenvalue weighted by Crippen LogP contribution is 2.27. The topological polar surface area (TPSA) is 99.0 Å². The molecule has 0 saturated heterocycles. The van der Waals surface area contributed by atoms with Crippen molar-refractivity contribution >= 4 is 46.0 Å². The van der Waals surface area contributed by atoms with Crippen LogP contribution in [0.3, 0.4) is 0 Å². The van der Waals surface area contributed by atoms with Gasteiger partial charge in [0.25, 0.3) is 5.56 Å². The number of carbonyl (C=O) groups is 1. The fourth-order valence-corrected chi connectivity index (χ4v) is 2.84. The van der Waals surface area contributed by atoms with Crippen molar-refractivity contribution < 1.29 is 9.53 Å². The third kappa shape index (κ3) is 3.78. The summed E-state index contributed by atoms with van der Waals surface area (Å²) in [5.41, 5.74) is 0.411. The molecule has 0 radical (unpaired) electrons. The molecule has 0 bridgehead atoms. The zero-order valence-corrected chi connectivity index (χ0v) is 15.5. The van der Waals surface area contributed by atoms with Crippen molar-refractivity contribution in [1.29, 1.82) is 0 Å². The number of halogens is 1. The summed E-state index contributed by atoms with van der Waals surface area (Å²) < 4.78 is 6.26. The fourth-order valence-electron chi connectivity index (χ4n) is 2.25. The first-order chi connectivity index (χ1) is 12.5. The number of thioether (sulfide) groups is 1. The molecule has 1 aromatic carbocycles. The summed E-state index contributed by atoms with van der Waals surface area (Å²) in [6.07, 6.45) is 4.54. The van der Waals surface area contributed by atoms with E-state index in [0.717, 1.165) is 0 Å². The van der Waals surface area contributed by atoms with Crippen molar-refractivity contribution in [2.24, 2.45) is 0 Å². The molecule has 2 aromatic heterocycles. The molecule has 0 saturated carbocycles. The Morgan fingerprint density at radius 2 is 2.19 bits per heavy atom. The molecule has 8 nitrogen and oxygen atoms in total. The van der Waals surface area contributed by atoms with Gasteiger partial charge >= 0.3 is 0 Å². The Morgan fingerprint density at radius 3 is 2.88 bits per heavy atom. The number of amides is 1. The number of hydrogen-bond donors (Lipinski definition) is 1. The highest BCUT2D eigenvalue weighted by atomic mass is 35.5. The second kappa shape index (κ2) is 7.71. The molecular formula is C16H14ClN5O3S. The first-order valence-corrected chi connectivity index (χ1v) is 9.01. The molecule has 0 unspecified atom stereocenters. The number of nitrogens with one attached hydrogen (secondary N) is 1. The standard InChI is InChI=1S/C16H14ClN5O3S/c1-25-12-4-3-9(5-11(12)17)20-13(23)7-22-8-19-14-10(15(22)24)6-18-16(21-14)26-2/h3-6,8H,7H2,1-2H3,(H,20,23). The monoisotopic (exact) mass is 391 g/mol. The number of methoxy groups -OCH3 is 1. The van der Waals surface area contributed by atoms with Gasteiger partial charge in [0.05, 0.1) is 12.1 Å². The van der Waals surface area contributed by atoms with Gasteiger partial charge in [-0.2, -0.15) is 0 Å². The lowest BCUT2D eigenvalue weighted by atomic mass is 10.3. The van der Waals surface area contributed by atoms with Crippen LogP contribution in [0.15, 0.2) is 40.7 Å². The molecule has 0 aliphatic heterocycles. The van der Waals surface area contributed by atoms with E-state index >= 15 is 0 Å². The molecule has 10 heteroatoms. The van der Waals surface area contributed by atoms with Crippen molar-refractivity contribution in [1.82, 2.24) is 19.5 Å². The Bertz CT molecular complexity index is 1040. The molecule has 3 aromatic rings. The van der Waals surface area contributed by atoms with E-state index in [2.05, 4.69) is 20.3 Å². The predicted molar refractivity (Wildman–Crippen MR) is 100 cm³/mol. The summed E-state index contributed by atoms with van der Waals surface area (Å²) in [6, 6.07) is 4.86. The van der Waals surface area contributed by atoms with Gasteiger partial charge in [-0.15, -0.1) is 0 Å². The Kier molecular flexibility index (Phi) is 5.38. The molecule has 2 heterocycles. The lowest BCUT2D eigenvalue weighted by molar-refractivity contribution is -0.116. The van der Waals surface area contributed by atoms with Crippen LogP contribution in [0.5, 0.6) is 5.75 Å². The molecule has 3 rings (SSSR count). The van der Waals surface area contributed by atoms with Crippen LogP contribution in [0.1, 0.15) is 0 Å². The summed E-state index contributed by atoms with van der Waals surface area (Å²) in [4.78, 5) is 37.1. The second-order valence-electron chi connectivity index (χ2n) is 5.17. The maximum atomic E-state index is 12.5. The van der Waals surface area contributed by atoms with E-state index < -0.39 is 5.91 Å². The third-order valence-corrected chi connectivity index (χ3v) is 4.35. The number of aromatic nitrogens is 4. The fraction of sp³-hybridized carbons (Fsp3) is 0.188. The molecule has 0 fully saturated rings. The van der Waals surface area contributed by atoms with Crippen molar-refractivity contribution in [3.05, 3.63) is 46.1 Å². The van der Waals surface area contributed by atoms with Crippen LogP contribution in [0.2, 0.25) is 5.02 Å². The van der Waals surface area contributed by atoms with Gasteiger partial charge in [-0.05, 0) is 24.5 Å². The first-order valence-electron chi connectivity index (χ1n) is 7.41. The highest BCUT2D eigenvalue weighted by molar-refractivity contribution is 7.98. The number of nitrogens with zero attached hydrogens (tertiary/aromatic N) is 4. The largest absolute Gasteiger partial charge is 0.495 e. The Morgan fingerprint density at radius 1 is 1.38 bits per heavy atom. The Hall–Kier alpha value is -2.65. The summed E-state index contributed by atoms with van der Waals surface area (Å²) in [5, 5.41) is 3.83. The lowest BCUT2D eigenvalue weighted by Crippen LogP contribution is -2.28. The zero-order valence-electron chi connectivity index (χ0n) is 13.9. The van der Waals surface area contributed by atoms with Gasteiger partial charge in [-0.1, -0.05) is 23.4 Å². The summed E-state index contributed by atoms with van der Waals surface area (Å²) in [5.74, 6) is 0.111. The van der Waals surface area contributed by atoms with E-state index in [-0.39, 0.29) is 17.5 Å². The van der Waals surface area contributed by atoms with Crippen LogP contribution in [0.25, 0.3) is 11.0 Å². The highest BCUT2D eigenvalue weighted by Gasteiger charge is 2.11. The second-order valence-corrected chi connectivity index (χ2v) is 6.35. The summed E-state index contributed by atoms with van der Waals surface area (Å²) in [6.45, 7) is -0.199. The molecule has 1 N–H and O–H groups in total. The minimum atomic E-state index is -0.392. The number of anilines is 1. The minimum Gasteiger partial charge on any atom is -0.495 e. The number of rotatable bonds is 5. The molecule has 0 atom stereocenters. The third-order valence-electron chi connectivity index (χ3n) is 3.49. The average molecular weight is 392 g/mol. The van der Waals surface area contributed by atoms with E-state index in [4.69, 9.17) is 16.3 Å². The molecule has 134 valence electrons. The predicted octanol–water partition coefficient (Wildman–Crippen LogP) is 2.21. The molecule has 26 heavy (non-hydrogen) atoms. The van der Waals surface area contributed by atoms with Crippen molar-refractivity contribution in [2.75, 3.05) is 18.7 Å². The van der Waals surface area contributed by atoms with Gasteiger partial charge in [0.15, 0.2) is 10.8 Å². The van der Waals surface area contributed by atoms with Gasteiger partial charge in [0.1, 0.15) is 24.0 Å². The summed E-state index contributed by atoms with van der Waals surface area (Å²) in [7, 11) is 1.50. The lowest BCUT2D eigenvalue weighted by Gasteiger charge is -2.09. The molecule has 0 aliphatic carbocycles. The van der Waals surface area contributed by atoms with E-state index in [9.17, 15) is 9.59 Å². The van der Waals surface area contributed by atoms with Gasteiger partial charge < -0.3 is 10.1 Å². The first kappa shape index (κ1) is 18.2. The Balaban J connectivity index is 1.80. The number of ether oxygens (including phenoxy) is 1. The van der Waals surface area contributed by atoms with Gasteiger partial charge in [0.2, 0.25) is 5.91 Å². The van der Waals surface area contributed by atoms with E-state index in [1.54, 1.807) is 18.2 Å². The quantitative estimate of drug-likeness (QED) is 0.525. The molecule has 0 spiro atoms. The molecule has 1 amide bonds. The number of carbonyl (C=O) groups excluding carboxylic acids is 1. The number of benzene rings is 1. The van der Waals surface area contributed by atoms with Crippen molar-refractivity contribution in [3.8, 4) is 5.75 Å². The SMILES string of the molecule is COc1ccc(NC(=O)Cn2cnc3nc(SC)ncc3c2=O)cc1Cl. The van der Waals surface area contributed by atoms with E-state index in [1.165, 1.54) is 36.0 Å². The van der Waals surface area contributed by atoms with Crippen molar-refractivity contribution in [2.45, 2.75) is 11.7 Å². The number of fused-ring (bicyclic) bond motifs is 1. The van der Waals surface area contributed by atoms with Crippen LogP contribution < -0.4 is 15.6 Å². The molecule has 0 aliphatic rings. The normalized spacial score (nSPS) is 10.7. The van der Waals surface area contributed by atoms with E-state index in [0.29, 0.717) is 27.3 Å². The Labute approximate surface area is 157 Å². The van der Waals surface area contributed by atoms with Crippen LogP contribution in [0.4, 0.5) is 5.69 Å². The zero-order chi connectivity index (χ0) is 18.7. The maximum Gasteiger partial charge on any atom is 0.264 e. The smallest absolute Gasteiger partial charge is 0.264 e. The van der Waals surface area contributed by atoms with Crippen LogP contribution in [-0.2, 0) is 11.3 Å². The van der Waals surface area contributed by atoms with E-state index in [1.807, 2.05) is 6.26 Å². The number of hydrogen-bond acceptors (Lipinski definition) is 7. The van der Waals surface area contributed by atoms with Gasteiger partial charge in [0, 0.05) is 11.9 Å². The molecular weight excluding hydrogens is 378 g/mol. The van der Waals surface area contributed by atoms with Crippen LogP contribution in [-0.4, -0.2) is 38.8 Å². The van der Waals surface area contributed by atoms with Crippen LogP contribution in [0, 0.1) is 0 Å².